The highest BCUT2D eigenvalue weighted by molar-refractivity contribution is 5.74. The molecular weight excluding hydrogens is 350 g/mol. The minimum Gasteiger partial charge on any atom is -0.480 e. The van der Waals surface area contributed by atoms with Gasteiger partial charge in [0, 0.05) is 38.1 Å². The van der Waals surface area contributed by atoms with Crippen LogP contribution in [0, 0.1) is 5.41 Å². The summed E-state index contributed by atoms with van der Waals surface area (Å²) in [6, 6.07) is -0.361. The number of piperidine rings is 1. The SMILES string of the molecule is CN(CC(=O)O)c1ncc(CN2CCC3(CC2)C[C@H](C(=O)O)N(C)C3)cn1. The van der Waals surface area contributed by atoms with Gasteiger partial charge in [-0.25, -0.2) is 9.97 Å². The predicted octanol–water partition coefficient (Wildman–Crippen LogP) is 0.368. The molecule has 2 aliphatic heterocycles. The fourth-order valence-corrected chi connectivity index (χ4v) is 4.25. The zero-order valence-corrected chi connectivity index (χ0v) is 15.8. The summed E-state index contributed by atoms with van der Waals surface area (Å²) in [7, 11) is 3.55. The van der Waals surface area contributed by atoms with Crippen molar-refractivity contribution in [3.05, 3.63) is 18.0 Å². The second-order valence-corrected chi connectivity index (χ2v) is 7.89. The Hall–Kier alpha value is -2.26. The van der Waals surface area contributed by atoms with E-state index in [1.165, 1.54) is 4.90 Å². The number of anilines is 1. The van der Waals surface area contributed by atoms with Crippen LogP contribution in [0.15, 0.2) is 12.4 Å². The quantitative estimate of drug-likeness (QED) is 0.726. The molecule has 148 valence electrons. The van der Waals surface area contributed by atoms with Crippen molar-refractivity contribution in [3.63, 3.8) is 0 Å². The molecule has 2 saturated heterocycles. The van der Waals surface area contributed by atoms with E-state index in [9.17, 15) is 14.7 Å². The number of carboxylic acid groups (broad SMARTS) is 2. The summed E-state index contributed by atoms with van der Waals surface area (Å²) in [5.74, 6) is -1.25. The van der Waals surface area contributed by atoms with Crippen LogP contribution >= 0.6 is 0 Å². The molecule has 2 aliphatic rings. The molecule has 2 fully saturated rings. The molecule has 1 atom stereocenters. The highest BCUT2D eigenvalue weighted by Gasteiger charge is 2.46. The van der Waals surface area contributed by atoms with Crippen LogP contribution in [-0.4, -0.2) is 88.2 Å². The molecule has 27 heavy (non-hydrogen) atoms. The van der Waals surface area contributed by atoms with E-state index in [1.54, 1.807) is 19.4 Å². The van der Waals surface area contributed by atoms with E-state index in [2.05, 4.69) is 14.9 Å². The van der Waals surface area contributed by atoms with Gasteiger partial charge < -0.3 is 15.1 Å². The van der Waals surface area contributed by atoms with Crippen LogP contribution in [-0.2, 0) is 16.1 Å². The Morgan fingerprint density at radius 3 is 2.41 bits per heavy atom. The second-order valence-electron chi connectivity index (χ2n) is 7.89. The van der Waals surface area contributed by atoms with Gasteiger partial charge in [-0.15, -0.1) is 0 Å². The average molecular weight is 377 g/mol. The Balaban J connectivity index is 1.52. The lowest BCUT2D eigenvalue weighted by Gasteiger charge is -2.39. The molecule has 9 nitrogen and oxygen atoms in total. The van der Waals surface area contributed by atoms with Crippen molar-refractivity contribution < 1.29 is 19.8 Å². The van der Waals surface area contributed by atoms with Gasteiger partial charge in [-0.1, -0.05) is 0 Å². The molecule has 3 heterocycles. The molecule has 0 aromatic carbocycles. The van der Waals surface area contributed by atoms with Gasteiger partial charge in [0.1, 0.15) is 12.6 Å². The summed E-state index contributed by atoms with van der Waals surface area (Å²) in [5.41, 5.74) is 1.11. The minimum absolute atomic E-state index is 0.119. The van der Waals surface area contributed by atoms with Crippen LogP contribution in [0.3, 0.4) is 0 Å². The van der Waals surface area contributed by atoms with Gasteiger partial charge in [-0.05, 0) is 44.8 Å². The monoisotopic (exact) mass is 377 g/mol. The van der Waals surface area contributed by atoms with Gasteiger partial charge in [0.25, 0.3) is 0 Å². The molecular formula is C18H27N5O4. The molecule has 3 rings (SSSR count). The normalized spacial score (nSPS) is 22.8. The molecule has 1 spiro atoms. The fraction of sp³-hybridized carbons (Fsp3) is 0.667. The summed E-state index contributed by atoms with van der Waals surface area (Å²) < 4.78 is 0. The standard InChI is InChI=1S/C18H27N5O4/c1-21(11-15(24)25)17-19-8-13(9-20-17)10-23-5-3-18(4-6-23)7-14(16(26)27)22(2)12-18/h8-9,14H,3-7,10-12H2,1-2H3,(H,24,25)(H,26,27)/t14-/m1/s1. The van der Waals surface area contributed by atoms with Crippen molar-refractivity contribution in [2.45, 2.75) is 31.8 Å². The topological polar surface area (TPSA) is 110 Å². The van der Waals surface area contributed by atoms with Gasteiger partial charge in [-0.3, -0.25) is 19.4 Å². The van der Waals surface area contributed by atoms with Gasteiger partial charge in [-0.2, -0.15) is 0 Å². The maximum absolute atomic E-state index is 11.4. The lowest BCUT2D eigenvalue weighted by Crippen LogP contribution is -2.40. The highest BCUT2D eigenvalue weighted by atomic mass is 16.4. The zero-order valence-electron chi connectivity index (χ0n) is 15.8. The first-order valence-corrected chi connectivity index (χ1v) is 9.17. The van der Waals surface area contributed by atoms with Gasteiger partial charge in [0.15, 0.2) is 0 Å². The maximum Gasteiger partial charge on any atom is 0.323 e. The first-order chi connectivity index (χ1) is 12.8. The predicted molar refractivity (Wildman–Crippen MR) is 98.6 cm³/mol. The number of aliphatic carboxylic acids is 2. The van der Waals surface area contributed by atoms with Crippen molar-refractivity contribution in [1.82, 2.24) is 19.8 Å². The zero-order chi connectivity index (χ0) is 19.6. The van der Waals surface area contributed by atoms with E-state index in [0.717, 1.165) is 51.0 Å². The van der Waals surface area contributed by atoms with E-state index in [0.29, 0.717) is 5.95 Å². The van der Waals surface area contributed by atoms with Crippen LogP contribution < -0.4 is 4.90 Å². The number of carboxylic acids is 2. The number of rotatable bonds is 6. The van der Waals surface area contributed by atoms with Crippen molar-refractivity contribution in [2.75, 3.05) is 45.2 Å². The Morgan fingerprint density at radius 2 is 1.89 bits per heavy atom. The molecule has 2 N–H and O–H groups in total. The number of aromatic nitrogens is 2. The molecule has 9 heteroatoms. The number of likely N-dealkylation sites (tertiary alicyclic amines) is 2. The average Bonchev–Trinajstić information content (AvgIpc) is 2.94. The van der Waals surface area contributed by atoms with Crippen LogP contribution in [0.25, 0.3) is 0 Å². The van der Waals surface area contributed by atoms with E-state index < -0.39 is 11.9 Å². The fourth-order valence-electron chi connectivity index (χ4n) is 4.25. The van der Waals surface area contributed by atoms with Crippen LogP contribution in [0.1, 0.15) is 24.8 Å². The third kappa shape index (κ3) is 4.54. The lowest BCUT2D eigenvalue weighted by molar-refractivity contribution is -0.141. The van der Waals surface area contributed by atoms with E-state index in [4.69, 9.17) is 5.11 Å². The van der Waals surface area contributed by atoms with Gasteiger partial charge in [0.2, 0.25) is 5.95 Å². The largest absolute Gasteiger partial charge is 0.480 e. The number of hydrogen-bond acceptors (Lipinski definition) is 7. The molecule has 0 unspecified atom stereocenters. The Labute approximate surface area is 158 Å². The van der Waals surface area contributed by atoms with Crippen LogP contribution in [0.5, 0.6) is 0 Å². The van der Waals surface area contributed by atoms with E-state index in [-0.39, 0.29) is 18.0 Å². The molecule has 1 aromatic rings. The van der Waals surface area contributed by atoms with Crippen molar-refractivity contribution in [1.29, 1.82) is 0 Å². The number of carbonyl (C=O) groups is 2. The first-order valence-electron chi connectivity index (χ1n) is 9.17. The van der Waals surface area contributed by atoms with E-state index in [1.807, 2.05) is 11.9 Å². The van der Waals surface area contributed by atoms with Gasteiger partial charge in [0.05, 0.1) is 0 Å². The van der Waals surface area contributed by atoms with Crippen LogP contribution in [0.2, 0.25) is 0 Å². The van der Waals surface area contributed by atoms with Crippen molar-refractivity contribution >= 4 is 17.9 Å². The smallest absolute Gasteiger partial charge is 0.323 e. The van der Waals surface area contributed by atoms with Crippen molar-refractivity contribution in [2.24, 2.45) is 5.41 Å². The third-order valence-corrected chi connectivity index (χ3v) is 5.76. The molecule has 0 radical (unpaired) electrons. The maximum atomic E-state index is 11.4. The summed E-state index contributed by atoms with van der Waals surface area (Å²) in [6.07, 6.45) is 6.23. The summed E-state index contributed by atoms with van der Waals surface area (Å²) in [5, 5.41) is 18.2. The Kier molecular flexibility index (Phi) is 5.61. The Morgan fingerprint density at radius 1 is 1.26 bits per heavy atom. The van der Waals surface area contributed by atoms with Crippen LogP contribution in [0.4, 0.5) is 5.95 Å². The summed E-state index contributed by atoms with van der Waals surface area (Å²) in [6.45, 7) is 3.32. The number of hydrogen-bond donors (Lipinski definition) is 2. The number of nitrogens with zero attached hydrogens (tertiary/aromatic N) is 5. The summed E-state index contributed by atoms with van der Waals surface area (Å²) in [4.78, 5) is 36.5. The molecule has 0 bridgehead atoms. The number of likely N-dealkylation sites (N-methyl/N-ethyl adjacent to an activating group) is 2. The van der Waals surface area contributed by atoms with E-state index >= 15 is 0 Å². The lowest BCUT2D eigenvalue weighted by atomic mass is 9.76. The highest BCUT2D eigenvalue weighted by Crippen LogP contribution is 2.42. The molecule has 0 aliphatic carbocycles. The molecule has 1 aromatic heterocycles. The van der Waals surface area contributed by atoms with Crippen molar-refractivity contribution in [3.8, 4) is 0 Å². The minimum atomic E-state index is -0.921. The first kappa shape index (κ1) is 19.5. The second kappa shape index (κ2) is 7.77. The summed E-state index contributed by atoms with van der Waals surface area (Å²) >= 11 is 0. The van der Waals surface area contributed by atoms with Gasteiger partial charge >= 0.3 is 11.9 Å². The molecule has 0 saturated carbocycles. The Bertz CT molecular complexity index is 687. The third-order valence-electron chi connectivity index (χ3n) is 5.76. The molecule has 0 amide bonds.